The largest absolute Gasteiger partial charge is 0.356 e. The van der Waals surface area contributed by atoms with E-state index in [1.54, 1.807) is 12.5 Å². The monoisotopic (exact) mass is 408 g/mol. The average Bonchev–Trinajstić information content (AvgIpc) is 3.44. The van der Waals surface area contributed by atoms with Crippen LogP contribution in [0.2, 0.25) is 0 Å². The Hall–Kier alpha value is -3.00. The molecule has 1 N–H and O–H groups in total. The van der Waals surface area contributed by atoms with E-state index in [0.29, 0.717) is 24.8 Å². The molecule has 3 heterocycles. The number of benzene rings is 1. The lowest BCUT2D eigenvalue weighted by molar-refractivity contribution is -0.126. The molecule has 0 atom stereocenters. The summed E-state index contributed by atoms with van der Waals surface area (Å²) in [4.78, 5) is 23.3. The zero-order chi connectivity index (χ0) is 20.8. The van der Waals surface area contributed by atoms with Gasteiger partial charge in [-0.25, -0.2) is 4.98 Å². The summed E-state index contributed by atoms with van der Waals surface area (Å²) in [7, 11) is 0. The summed E-state index contributed by atoms with van der Waals surface area (Å²) >= 11 is 0. The Morgan fingerprint density at radius 2 is 2.17 bits per heavy atom. The summed E-state index contributed by atoms with van der Waals surface area (Å²) in [6.45, 7) is 5.95. The molecule has 1 aliphatic heterocycles. The third-order valence-electron chi connectivity index (χ3n) is 5.51. The van der Waals surface area contributed by atoms with E-state index in [0.717, 1.165) is 44.5 Å². The molecule has 1 fully saturated rings. The van der Waals surface area contributed by atoms with Crippen molar-refractivity contribution in [3.05, 3.63) is 54.4 Å². The first-order valence-corrected chi connectivity index (χ1v) is 10.5. The maximum Gasteiger partial charge on any atom is 0.241 e. The molecule has 0 bridgehead atoms. The van der Waals surface area contributed by atoms with Gasteiger partial charge in [0.25, 0.3) is 0 Å². The lowest BCUT2D eigenvalue weighted by Gasteiger charge is -2.30. The van der Waals surface area contributed by atoms with Crippen LogP contribution >= 0.6 is 0 Å². The molecule has 1 aromatic carbocycles. The number of nitrogens with zero attached hydrogens (tertiary/aromatic N) is 5. The van der Waals surface area contributed by atoms with Gasteiger partial charge in [-0.2, -0.15) is 4.98 Å². The molecule has 158 valence electrons. The van der Waals surface area contributed by atoms with Crippen LogP contribution in [-0.2, 0) is 17.9 Å². The highest BCUT2D eigenvalue weighted by atomic mass is 16.5. The topological polar surface area (TPSA) is 89.1 Å². The Bertz CT molecular complexity index is 944. The van der Waals surface area contributed by atoms with Gasteiger partial charge in [0.15, 0.2) is 0 Å². The first-order chi connectivity index (χ1) is 14.7. The fourth-order valence-electron chi connectivity index (χ4n) is 3.80. The SMILES string of the molecule is Cc1cccc(-c2noc(CN3CCC(C(=O)NCCCn4ccnc4)CC3)n2)c1. The van der Waals surface area contributed by atoms with Crippen molar-refractivity contribution in [1.29, 1.82) is 0 Å². The van der Waals surface area contributed by atoms with Crippen LogP contribution in [0.4, 0.5) is 0 Å². The predicted octanol–water partition coefficient (Wildman–Crippen LogP) is 2.66. The molecule has 8 nitrogen and oxygen atoms in total. The Kier molecular flexibility index (Phi) is 6.53. The molecule has 0 radical (unpaired) electrons. The zero-order valence-electron chi connectivity index (χ0n) is 17.3. The van der Waals surface area contributed by atoms with Gasteiger partial charge in [0.2, 0.25) is 17.6 Å². The molecule has 0 unspecified atom stereocenters. The summed E-state index contributed by atoms with van der Waals surface area (Å²) in [5.41, 5.74) is 2.13. The number of carbonyl (C=O) groups excluding carboxylic acids is 1. The molecular weight excluding hydrogens is 380 g/mol. The summed E-state index contributed by atoms with van der Waals surface area (Å²) < 4.78 is 7.46. The van der Waals surface area contributed by atoms with Gasteiger partial charge in [-0.05, 0) is 45.3 Å². The number of aryl methyl sites for hydroxylation is 2. The number of carbonyl (C=O) groups is 1. The molecular formula is C22H28N6O2. The molecule has 1 saturated heterocycles. The number of amides is 1. The van der Waals surface area contributed by atoms with Crippen molar-refractivity contribution in [2.75, 3.05) is 19.6 Å². The summed E-state index contributed by atoms with van der Waals surface area (Å²) in [6, 6.07) is 8.08. The van der Waals surface area contributed by atoms with Crippen LogP contribution in [0.3, 0.4) is 0 Å². The second-order valence-electron chi connectivity index (χ2n) is 7.88. The van der Waals surface area contributed by atoms with E-state index in [1.807, 2.05) is 42.0 Å². The predicted molar refractivity (Wildman–Crippen MR) is 112 cm³/mol. The van der Waals surface area contributed by atoms with Crippen LogP contribution in [0.15, 0.2) is 47.5 Å². The van der Waals surface area contributed by atoms with Crippen molar-refractivity contribution in [2.45, 2.75) is 39.3 Å². The van der Waals surface area contributed by atoms with Gasteiger partial charge in [0.1, 0.15) is 0 Å². The van der Waals surface area contributed by atoms with Gasteiger partial charge in [-0.3, -0.25) is 9.69 Å². The molecule has 3 aromatic rings. The van der Waals surface area contributed by atoms with Crippen LogP contribution in [0.1, 0.15) is 30.7 Å². The fourth-order valence-corrected chi connectivity index (χ4v) is 3.80. The highest BCUT2D eigenvalue weighted by Gasteiger charge is 2.25. The number of hydrogen-bond donors (Lipinski definition) is 1. The van der Waals surface area contributed by atoms with Gasteiger partial charge in [0.05, 0.1) is 12.9 Å². The van der Waals surface area contributed by atoms with Crippen molar-refractivity contribution in [3.8, 4) is 11.4 Å². The lowest BCUT2D eigenvalue weighted by atomic mass is 9.96. The van der Waals surface area contributed by atoms with Crippen molar-refractivity contribution < 1.29 is 9.32 Å². The van der Waals surface area contributed by atoms with Crippen LogP contribution in [-0.4, -0.2) is 50.1 Å². The van der Waals surface area contributed by atoms with Gasteiger partial charge in [-0.1, -0.05) is 28.9 Å². The van der Waals surface area contributed by atoms with E-state index in [4.69, 9.17) is 4.52 Å². The molecule has 2 aromatic heterocycles. The Morgan fingerprint density at radius 1 is 1.30 bits per heavy atom. The Morgan fingerprint density at radius 3 is 2.93 bits per heavy atom. The zero-order valence-corrected chi connectivity index (χ0v) is 17.3. The van der Waals surface area contributed by atoms with E-state index in [1.165, 1.54) is 5.56 Å². The average molecular weight is 409 g/mol. The first kappa shape index (κ1) is 20.3. The van der Waals surface area contributed by atoms with Crippen molar-refractivity contribution in [1.82, 2.24) is 29.9 Å². The van der Waals surface area contributed by atoms with Crippen molar-refractivity contribution >= 4 is 5.91 Å². The molecule has 1 aliphatic rings. The number of nitrogens with one attached hydrogen (secondary N) is 1. The maximum absolute atomic E-state index is 12.4. The first-order valence-electron chi connectivity index (χ1n) is 10.5. The number of aromatic nitrogens is 4. The van der Waals surface area contributed by atoms with Gasteiger partial charge < -0.3 is 14.4 Å². The lowest BCUT2D eigenvalue weighted by Crippen LogP contribution is -2.40. The van der Waals surface area contributed by atoms with E-state index in [2.05, 4.69) is 25.3 Å². The normalized spacial score (nSPS) is 15.4. The van der Waals surface area contributed by atoms with Gasteiger partial charge >= 0.3 is 0 Å². The Balaban J connectivity index is 1.19. The van der Waals surface area contributed by atoms with Crippen LogP contribution in [0.5, 0.6) is 0 Å². The smallest absolute Gasteiger partial charge is 0.241 e. The minimum absolute atomic E-state index is 0.0834. The van der Waals surface area contributed by atoms with Crippen LogP contribution < -0.4 is 5.32 Å². The van der Waals surface area contributed by atoms with Crippen LogP contribution in [0, 0.1) is 12.8 Å². The standard InChI is InChI=1S/C22H28N6O2/c1-17-4-2-5-19(14-17)21-25-20(30-26-21)15-27-11-6-18(7-12-27)22(29)24-8-3-10-28-13-9-23-16-28/h2,4-5,9,13-14,16,18H,3,6-8,10-12,15H2,1H3,(H,24,29). The molecule has 0 saturated carbocycles. The van der Waals surface area contributed by atoms with E-state index in [-0.39, 0.29) is 11.8 Å². The minimum atomic E-state index is 0.0834. The second kappa shape index (κ2) is 9.67. The third kappa shape index (κ3) is 5.33. The maximum atomic E-state index is 12.4. The second-order valence-corrected chi connectivity index (χ2v) is 7.88. The summed E-state index contributed by atoms with van der Waals surface area (Å²) in [5.74, 6) is 1.49. The van der Waals surface area contributed by atoms with Crippen molar-refractivity contribution in [3.63, 3.8) is 0 Å². The molecule has 0 spiro atoms. The highest BCUT2D eigenvalue weighted by molar-refractivity contribution is 5.78. The summed E-state index contributed by atoms with van der Waals surface area (Å²) in [6.07, 6.45) is 8.11. The van der Waals surface area contributed by atoms with Crippen LogP contribution in [0.25, 0.3) is 11.4 Å². The number of imidazole rings is 1. The quantitative estimate of drug-likeness (QED) is 0.577. The number of piperidine rings is 1. The van der Waals surface area contributed by atoms with E-state index >= 15 is 0 Å². The Labute approximate surface area is 176 Å². The number of hydrogen-bond acceptors (Lipinski definition) is 6. The van der Waals surface area contributed by atoms with E-state index < -0.39 is 0 Å². The summed E-state index contributed by atoms with van der Waals surface area (Å²) in [5, 5.41) is 7.19. The number of likely N-dealkylation sites (tertiary alicyclic amines) is 1. The molecule has 1 amide bonds. The van der Waals surface area contributed by atoms with Gasteiger partial charge in [0, 0.05) is 37.0 Å². The van der Waals surface area contributed by atoms with E-state index in [9.17, 15) is 4.79 Å². The van der Waals surface area contributed by atoms with Gasteiger partial charge in [-0.15, -0.1) is 0 Å². The third-order valence-corrected chi connectivity index (χ3v) is 5.51. The number of rotatable bonds is 8. The molecule has 4 rings (SSSR count). The molecule has 30 heavy (non-hydrogen) atoms. The molecule has 0 aliphatic carbocycles. The minimum Gasteiger partial charge on any atom is -0.356 e. The fraction of sp³-hybridized carbons (Fsp3) is 0.455. The van der Waals surface area contributed by atoms with Crippen molar-refractivity contribution in [2.24, 2.45) is 5.92 Å². The highest BCUT2D eigenvalue weighted by Crippen LogP contribution is 2.21. The molecule has 8 heteroatoms.